The molecular weight excluding hydrogens is 637 g/mol. The quantitative estimate of drug-likeness (QED) is 0.148. The molecule has 0 saturated carbocycles. The second-order valence-corrected chi connectivity index (χ2v) is 11.7. The van der Waals surface area contributed by atoms with E-state index in [4.69, 9.17) is 46.4 Å². The molecule has 0 amide bonds. The molecule has 0 saturated heterocycles. The van der Waals surface area contributed by atoms with Gasteiger partial charge in [-0.3, -0.25) is 14.2 Å². The number of aromatic nitrogens is 6. The van der Waals surface area contributed by atoms with E-state index in [1.807, 2.05) is 0 Å². The Morgan fingerprint density at radius 3 is 1.98 bits per heavy atom. The minimum Gasteiger partial charge on any atom is -0.497 e. The van der Waals surface area contributed by atoms with Crippen LogP contribution in [-0.2, 0) is 22.3 Å². The van der Waals surface area contributed by atoms with Crippen molar-refractivity contribution >= 4 is 44.6 Å². The highest BCUT2D eigenvalue weighted by atomic mass is 32.2. The third-order valence-electron chi connectivity index (χ3n) is 6.43. The molecule has 13 heteroatoms. The zero-order valence-electron chi connectivity index (χ0n) is 44.5. The van der Waals surface area contributed by atoms with Crippen molar-refractivity contribution in [2.24, 2.45) is 0 Å². The lowest BCUT2D eigenvalue weighted by Gasteiger charge is -2.11. The van der Waals surface area contributed by atoms with Crippen LogP contribution in [0.1, 0.15) is 61.1 Å². The number of rotatable bonds is 10. The summed E-state index contributed by atoms with van der Waals surface area (Å²) in [5, 5.41) is 0.310. The van der Waals surface area contributed by atoms with Gasteiger partial charge in [0.05, 0.1) is 89.3 Å². The van der Waals surface area contributed by atoms with Crippen LogP contribution in [0.25, 0.3) is 22.1 Å². The van der Waals surface area contributed by atoms with E-state index in [0.717, 1.165) is 26.0 Å². The fourth-order valence-corrected chi connectivity index (χ4v) is 6.00. The van der Waals surface area contributed by atoms with Crippen LogP contribution in [0.4, 0.5) is 0 Å². The monoisotopic (exact) mass is 694 g/mol. The Morgan fingerprint density at radius 1 is 0.787 bits per heavy atom. The topological polar surface area (TPSA) is 137 Å². The highest BCUT2D eigenvalue weighted by molar-refractivity contribution is 7.98. The molecule has 4 aromatic heterocycles. The second kappa shape index (κ2) is 14.9. The lowest BCUT2D eigenvalue weighted by atomic mass is 10.1. The van der Waals surface area contributed by atoms with Crippen molar-refractivity contribution < 1.29 is 50.6 Å². The van der Waals surface area contributed by atoms with Crippen molar-refractivity contribution in [2.45, 2.75) is 49.2 Å². The van der Waals surface area contributed by atoms with E-state index in [0.29, 0.717) is 27.2 Å². The van der Waals surface area contributed by atoms with Gasteiger partial charge in [-0.1, -0.05) is 11.8 Å². The Kier molecular flexibility index (Phi) is 5.21. The van der Waals surface area contributed by atoms with Gasteiger partial charge in [0.1, 0.15) is 23.0 Å². The molecule has 0 aliphatic heterocycles. The fraction of sp³-hybridized carbons (Fsp3) is 0.294. The molecule has 6 rings (SSSR count). The lowest BCUT2D eigenvalue weighted by Crippen LogP contribution is -2.05. The first kappa shape index (κ1) is 16.5. The van der Waals surface area contributed by atoms with Gasteiger partial charge in [-0.25, -0.2) is 9.97 Å². The molecule has 0 aliphatic carbocycles. The van der Waals surface area contributed by atoms with Gasteiger partial charge in [-0.2, -0.15) is 0 Å². The first-order chi connectivity index (χ1) is 30.6. The number of hydrogen-bond acceptors (Lipinski definition) is 10. The lowest BCUT2D eigenvalue weighted by molar-refractivity contribution is 0.407. The van der Waals surface area contributed by atoms with Gasteiger partial charge in [0.2, 0.25) is 0 Å². The number of fused-ring (bicyclic) bond motifs is 2. The van der Waals surface area contributed by atoms with Crippen molar-refractivity contribution in [2.75, 3.05) is 28.3 Å². The highest BCUT2D eigenvalue weighted by Gasteiger charge is 2.16. The maximum absolute atomic E-state index is 13.0. The molecule has 11 nitrogen and oxygen atoms in total. The van der Waals surface area contributed by atoms with Gasteiger partial charge < -0.3 is 28.9 Å². The molecule has 0 radical (unpaired) electrons. The van der Waals surface area contributed by atoms with Gasteiger partial charge >= 0.3 is 0 Å². The predicted octanol–water partition coefficient (Wildman–Crippen LogP) is 6.78. The molecule has 4 heterocycles. The highest BCUT2D eigenvalue weighted by Crippen LogP contribution is 2.30. The third-order valence-corrected chi connectivity index (χ3v) is 8.47. The van der Waals surface area contributed by atoms with Gasteiger partial charge in [-0.15, -0.1) is 0 Å². The minimum atomic E-state index is -2.87. The molecule has 6 aromatic rings. The van der Waals surface area contributed by atoms with Gasteiger partial charge in [0.15, 0.2) is 10.3 Å². The molecule has 2 N–H and O–H groups in total. The van der Waals surface area contributed by atoms with Crippen LogP contribution < -0.4 is 18.9 Å². The van der Waals surface area contributed by atoms with Crippen LogP contribution in [0.3, 0.4) is 0 Å². The summed E-state index contributed by atoms with van der Waals surface area (Å²) in [6, 6.07) is 8.69. The molecule has 0 fully saturated rings. The second-order valence-electron chi connectivity index (χ2n) is 9.33. The normalized spacial score (nSPS) is 19.5. The number of aromatic amines is 2. The first-order valence-corrected chi connectivity index (χ1v) is 15.5. The van der Waals surface area contributed by atoms with Gasteiger partial charge in [-0.05, 0) is 51.7 Å². The predicted molar refractivity (Wildman–Crippen MR) is 185 cm³/mol. The minimum absolute atomic E-state index is 0.0262. The molecular formula is C34H38N6O5S2. The number of nitrogens with zero attached hydrogens (tertiary/aromatic N) is 4. The summed E-state index contributed by atoms with van der Waals surface area (Å²) in [4.78, 5) is 22.1. The van der Waals surface area contributed by atoms with Crippen LogP contribution in [0.15, 0.2) is 59.1 Å². The van der Waals surface area contributed by atoms with Crippen LogP contribution in [-0.4, -0.2) is 62.4 Å². The zero-order chi connectivity index (χ0) is 50.4. The Morgan fingerprint density at radius 2 is 1.38 bits per heavy atom. The largest absolute Gasteiger partial charge is 0.497 e. The smallest absolute Gasteiger partial charge is 0.197 e. The summed E-state index contributed by atoms with van der Waals surface area (Å²) >= 11 is 1.08. The summed E-state index contributed by atoms with van der Waals surface area (Å²) in [7, 11) is -5.03. The molecule has 1 atom stereocenters. The van der Waals surface area contributed by atoms with Crippen molar-refractivity contribution in [1.29, 1.82) is 0 Å². The maximum Gasteiger partial charge on any atom is 0.197 e. The number of hydrogen-bond donors (Lipinski definition) is 2. The number of benzene rings is 2. The summed E-state index contributed by atoms with van der Waals surface area (Å²) in [5.41, 5.74) is -0.750. The van der Waals surface area contributed by atoms with Crippen LogP contribution >= 0.6 is 11.8 Å². The van der Waals surface area contributed by atoms with E-state index in [9.17, 15) is 4.21 Å². The Hall–Kier alpha value is -4.62. The van der Waals surface area contributed by atoms with Gasteiger partial charge in [0, 0.05) is 68.9 Å². The Labute approximate surface area is 308 Å². The number of nitrogens with one attached hydrogen (secondary N) is 2. The molecule has 1 unspecified atom stereocenters. The van der Waals surface area contributed by atoms with Crippen LogP contribution in [0.5, 0.6) is 23.0 Å². The molecule has 0 aliphatic rings. The molecule has 2 aromatic carbocycles. The maximum atomic E-state index is 13.0. The van der Waals surface area contributed by atoms with E-state index in [1.165, 1.54) is 30.3 Å². The summed E-state index contributed by atoms with van der Waals surface area (Å²) in [5.74, 6) is -1.32. The van der Waals surface area contributed by atoms with Crippen LogP contribution in [0.2, 0.25) is 0 Å². The van der Waals surface area contributed by atoms with E-state index in [1.54, 1.807) is 6.07 Å². The number of methoxy groups -OCH3 is 4. The Bertz CT molecular complexity index is 2800. The average Bonchev–Trinajstić information content (AvgIpc) is 3.77. The summed E-state index contributed by atoms with van der Waals surface area (Å²) in [6.07, 6.45) is -1.31. The molecule has 246 valence electrons. The zero-order valence-corrected chi connectivity index (χ0v) is 26.2. The van der Waals surface area contributed by atoms with Crippen molar-refractivity contribution in [3.05, 3.63) is 82.4 Å². The summed E-state index contributed by atoms with van der Waals surface area (Å²) < 4.78 is 185. The van der Waals surface area contributed by atoms with E-state index < -0.39 is 98.6 Å². The van der Waals surface area contributed by atoms with Crippen molar-refractivity contribution in [1.82, 2.24) is 29.9 Å². The summed E-state index contributed by atoms with van der Waals surface area (Å²) in [6.45, 7) is -11.3. The number of ether oxygens (including phenoxy) is 4. The fourth-order valence-electron chi connectivity index (χ4n) is 4.15. The van der Waals surface area contributed by atoms with Crippen LogP contribution in [0, 0.1) is 27.4 Å². The third kappa shape index (κ3) is 7.52. The van der Waals surface area contributed by atoms with Crippen molar-refractivity contribution in [3.63, 3.8) is 0 Å². The number of thioether (sulfide) groups is 1. The van der Waals surface area contributed by atoms with E-state index >= 15 is 0 Å². The number of H-pyrrole nitrogens is 2. The standard InChI is InChI=1S/C17H19N3O3S.C17H19N3O2S/c1-10-8-18-15(11(2)16(10)23-4)9-24(21)17-19-13-6-5-12(22-3)7-14(13)20-17;1-10-8-18-15(11(2)16(10)22-4)9-23-17-19-13-6-5-12(21-3)7-14(13)20-17/h5-8H,9H2,1-4H3,(H,19,20);5-8H,9H2,1-4H3,(H,19,20)/i2*1D3,2D3,3D3,8D. The number of pyridine rings is 2. The average molecular weight is 695 g/mol. The SMILES string of the molecule is [2H]c1nc(CS(=O)c2nc3ccc(OC([2H])([2H])[2H])cc3[nH]2)c(C([2H])([2H])[2H])c(OC)c1C([2H])([2H])[2H].[2H]c1nc(CSc2nc3ccc(OC([2H])([2H])[2H])cc3[nH]2)c(C([2H])([2H])[2H])c(OC)c1C([2H])([2H])[2H]. The Balaban J connectivity index is 0.000000251. The van der Waals surface area contributed by atoms with Gasteiger partial charge in [0.25, 0.3) is 0 Å². The van der Waals surface area contributed by atoms with Crippen molar-refractivity contribution in [3.8, 4) is 23.0 Å². The molecule has 0 spiro atoms. The van der Waals surface area contributed by atoms with E-state index in [2.05, 4.69) is 29.9 Å². The number of imidazole rings is 2. The molecule has 0 bridgehead atoms. The van der Waals surface area contributed by atoms with E-state index in [-0.39, 0.29) is 39.4 Å². The first-order valence-electron chi connectivity index (χ1n) is 23.2. The molecule has 47 heavy (non-hydrogen) atoms.